The third-order valence-electron chi connectivity index (χ3n) is 5.67. The first-order chi connectivity index (χ1) is 13.3. The third kappa shape index (κ3) is 3.21. The van der Waals surface area contributed by atoms with Gasteiger partial charge in [-0.1, -0.05) is 13.3 Å². The minimum Gasteiger partial charge on any atom is -0.335 e. The van der Waals surface area contributed by atoms with Crippen molar-refractivity contribution in [2.45, 2.75) is 38.8 Å². The van der Waals surface area contributed by atoms with E-state index in [4.69, 9.17) is 0 Å². The second-order valence-corrected chi connectivity index (χ2v) is 8.33. The lowest BCUT2D eigenvalue weighted by Crippen LogP contribution is -2.43. The van der Waals surface area contributed by atoms with Crippen molar-refractivity contribution in [3.05, 3.63) is 30.4 Å². The maximum absolute atomic E-state index is 13.8. The van der Waals surface area contributed by atoms with E-state index in [2.05, 4.69) is 26.6 Å². The van der Waals surface area contributed by atoms with Crippen LogP contribution in [0.2, 0.25) is 0 Å². The Balaban J connectivity index is 1.65. The Hall–Kier alpha value is -2.64. The molecule has 0 saturated carbocycles. The third-order valence-corrected chi connectivity index (χ3v) is 5.67. The molecule has 4 rings (SSSR count). The van der Waals surface area contributed by atoms with Crippen LogP contribution in [0, 0.1) is 5.92 Å². The first-order valence-corrected chi connectivity index (χ1v) is 9.77. The van der Waals surface area contributed by atoms with Crippen molar-refractivity contribution in [1.29, 1.82) is 0 Å². The van der Waals surface area contributed by atoms with Crippen LogP contribution in [-0.4, -0.2) is 55.2 Å². The lowest BCUT2D eigenvalue weighted by atomic mass is 9.91. The molecule has 1 aliphatic rings. The SMILES string of the molecule is CCC1CN(C(=O)NCC(C)(C)F)CC1c1cnc2cnc3c(ccn3C)n12. The van der Waals surface area contributed by atoms with Crippen molar-refractivity contribution in [3.63, 3.8) is 0 Å². The van der Waals surface area contributed by atoms with Crippen LogP contribution in [-0.2, 0) is 7.05 Å². The Bertz CT molecular complexity index is 1020. The zero-order valence-corrected chi connectivity index (χ0v) is 16.8. The van der Waals surface area contributed by atoms with Gasteiger partial charge in [0.25, 0.3) is 0 Å². The summed E-state index contributed by atoms with van der Waals surface area (Å²) in [6.45, 7) is 6.35. The molecular formula is C20H27FN6O. The number of imidazole rings is 1. The first kappa shape index (κ1) is 18.7. The summed E-state index contributed by atoms with van der Waals surface area (Å²) in [5.41, 5.74) is 2.40. The van der Waals surface area contributed by atoms with Gasteiger partial charge in [-0.05, 0) is 25.8 Å². The monoisotopic (exact) mass is 386 g/mol. The van der Waals surface area contributed by atoms with Crippen LogP contribution in [0.4, 0.5) is 9.18 Å². The fraction of sp³-hybridized carbons (Fsp3) is 0.550. The molecule has 0 aromatic carbocycles. The number of amides is 2. The van der Waals surface area contributed by atoms with E-state index < -0.39 is 5.67 Å². The van der Waals surface area contributed by atoms with Gasteiger partial charge in [-0.25, -0.2) is 19.2 Å². The summed E-state index contributed by atoms with van der Waals surface area (Å²) in [5, 5.41) is 2.72. The molecule has 0 radical (unpaired) electrons. The van der Waals surface area contributed by atoms with Crippen molar-refractivity contribution >= 4 is 22.8 Å². The van der Waals surface area contributed by atoms with Gasteiger partial charge in [0, 0.05) is 44.1 Å². The summed E-state index contributed by atoms with van der Waals surface area (Å²) in [6, 6.07) is 1.84. The summed E-state index contributed by atoms with van der Waals surface area (Å²) in [6.07, 6.45) is 6.64. The highest BCUT2D eigenvalue weighted by Crippen LogP contribution is 2.36. The number of nitrogens with zero attached hydrogens (tertiary/aromatic N) is 5. The van der Waals surface area contributed by atoms with Gasteiger partial charge in [0.05, 0.1) is 18.3 Å². The Labute approximate surface area is 163 Å². The summed E-state index contributed by atoms with van der Waals surface area (Å²) >= 11 is 0. The molecule has 1 aliphatic heterocycles. The van der Waals surface area contributed by atoms with E-state index in [1.807, 2.05) is 30.1 Å². The number of likely N-dealkylation sites (tertiary alicyclic amines) is 1. The number of carbonyl (C=O) groups is 1. The molecule has 28 heavy (non-hydrogen) atoms. The van der Waals surface area contributed by atoms with Gasteiger partial charge < -0.3 is 14.8 Å². The summed E-state index contributed by atoms with van der Waals surface area (Å²) in [4.78, 5) is 23.4. The van der Waals surface area contributed by atoms with Crippen molar-refractivity contribution in [1.82, 2.24) is 29.2 Å². The molecule has 3 aromatic rings. The molecule has 0 spiro atoms. The van der Waals surface area contributed by atoms with Crippen LogP contribution in [0.5, 0.6) is 0 Å². The molecular weight excluding hydrogens is 359 g/mol. The molecule has 8 heteroatoms. The second kappa shape index (κ2) is 6.76. The summed E-state index contributed by atoms with van der Waals surface area (Å²) < 4.78 is 17.9. The fourth-order valence-corrected chi connectivity index (χ4v) is 4.14. The van der Waals surface area contributed by atoms with Gasteiger partial charge in [-0.2, -0.15) is 0 Å². The average molecular weight is 386 g/mol. The van der Waals surface area contributed by atoms with Crippen LogP contribution in [0.3, 0.4) is 0 Å². The molecule has 4 heterocycles. The topological polar surface area (TPSA) is 67.5 Å². The van der Waals surface area contributed by atoms with E-state index in [-0.39, 0.29) is 18.5 Å². The maximum atomic E-state index is 13.8. The second-order valence-electron chi connectivity index (χ2n) is 8.33. The van der Waals surface area contributed by atoms with Crippen LogP contribution in [0.25, 0.3) is 16.8 Å². The van der Waals surface area contributed by atoms with Crippen LogP contribution in [0.15, 0.2) is 24.7 Å². The predicted molar refractivity (Wildman–Crippen MR) is 106 cm³/mol. The molecule has 7 nitrogen and oxygen atoms in total. The van der Waals surface area contributed by atoms with Crippen LogP contribution < -0.4 is 5.32 Å². The standard InChI is InChI=1S/C20H27FN6O/c1-5-13-10-26(19(28)24-12-20(2,3)21)11-14(13)16-8-22-17-9-23-18-15(27(16)17)6-7-25(18)4/h6-9,13-14H,5,10-12H2,1-4H3,(H,24,28). The van der Waals surface area contributed by atoms with Gasteiger partial charge >= 0.3 is 6.03 Å². The molecule has 2 atom stereocenters. The Morgan fingerprint density at radius 2 is 2.11 bits per heavy atom. The van der Waals surface area contributed by atoms with Gasteiger partial charge in [-0.15, -0.1) is 0 Å². The molecule has 150 valence electrons. The highest BCUT2D eigenvalue weighted by molar-refractivity contribution is 5.76. The molecule has 1 fully saturated rings. The van der Waals surface area contributed by atoms with E-state index in [0.29, 0.717) is 19.0 Å². The van der Waals surface area contributed by atoms with E-state index in [9.17, 15) is 9.18 Å². The zero-order valence-electron chi connectivity index (χ0n) is 16.8. The maximum Gasteiger partial charge on any atom is 0.317 e. The number of carbonyl (C=O) groups excluding carboxylic acids is 1. The number of hydrogen-bond acceptors (Lipinski definition) is 3. The molecule has 0 aliphatic carbocycles. The number of aryl methyl sites for hydroxylation is 1. The number of halogens is 1. The zero-order chi connectivity index (χ0) is 20.1. The number of hydrogen-bond donors (Lipinski definition) is 1. The quantitative estimate of drug-likeness (QED) is 0.749. The lowest BCUT2D eigenvalue weighted by molar-refractivity contribution is 0.182. The number of urea groups is 1. The number of rotatable bonds is 4. The Morgan fingerprint density at radius 3 is 2.82 bits per heavy atom. The van der Waals surface area contributed by atoms with Gasteiger partial charge in [0.1, 0.15) is 5.67 Å². The number of nitrogens with one attached hydrogen (secondary N) is 1. The highest BCUT2D eigenvalue weighted by atomic mass is 19.1. The van der Waals surface area contributed by atoms with Gasteiger partial charge in [-0.3, -0.25) is 4.40 Å². The minimum atomic E-state index is -1.42. The Morgan fingerprint density at radius 1 is 1.32 bits per heavy atom. The normalized spacial score (nSPS) is 20.4. The summed E-state index contributed by atoms with van der Waals surface area (Å²) in [5.74, 6) is 0.505. The fourth-order valence-electron chi connectivity index (χ4n) is 4.14. The highest BCUT2D eigenvalue weighted by Gasteiger charge is 2.37. The van der Waals surface area contributed by atoms with Crippen molar-refractivity contribution in [3.8, 4) is 0 Å². The largest absolute Gasteiger partial charge is 0.335 e. The number of aromatic nitrogens is 4. The molecule has 2 amide bonds. The molecule has 0 bridgehead atoms. The van der Waals surface area contributed by atoms with Crippen LogP contribution >= 0.6 is 0 Å². The van der Waals surface area contributed by atoms with Crippen molar-refractivity contribution < 1.29 is 9.18 Å². The molecule has 2 unspecified atom stereocenters. The molecule has 1 N–H and O–H groups in total. The van der Waals surface area contributed by atoms with E-state index >= 15 is 0 Å². The van der Waals surface area contributed by atoms with Crippen molar-refractivity contribution in [2.24, 2.45) is 13.0 Å². The Kier molecular flexibility index (Phi) is 4.51. The van der Waals surface area contributed by atoms with Crippen molar-refractivity contribution in [2.75, 3.05) is 19.6 Å². The van der Waals surface area contributed by atoms with Gasteiger partial charge in [0.15, 0.2) is 11.3 Å². The lowest BCUT2D eigenvalue weighted by Gasteiger charge is -2.20. The predicted octanol–water partition coefficient (Wildman–Crippen LogP) is 3.10. The average Bonchev–Trinajstić information content (AvgIpc) is 3.34. The van der Waals surface area contributed by atoms with Gasteiger partial charge in [0.2, 0.25) is 0 Å². The number of alkyl halides is 1. The van der Waals surface area contributed by atoms with E-state index in [1.165, 1.54) is 13.8 Å². The van der Waals surface area contributed by atoms with E-state index in [1.54, 1.807) is 11.1 Å². The first-order valence-electron chi connectivity index (χ1n) is 9.77. The minimum absolute atomic E-state index is 0.00963. The van der Waals surface area contributed by atoms with Crippen LogP contribution in [0.1, 0.15) is 38.8 Å². The smallest absolute Gasteiger partial charge is 0.317 e. The molecule has 1 saturated heterocycles. The molecule has 3 aromatic heterocycles. The number of fused-ring (bicyclic) bond motifs is 3. The summed E-state index contributed by atoms with van der Waals surface area (Å²) in [7, 11) is 1.97. The van der Waals surface area contributed by atoms with E-state index in [0.717, 1.165) is 28.9 Å².